The van der Waals surface area contributed by atoms with E-state index in [-0.39, 0.29) is 23.9 Å². The summed E-state index contributed by atoms with van der Waals surface area (Å²) in [7, 11) is 0. The van der Waals surface area contributed by atoms with Gasteiger partial charge in [0.2, 0.25) is 5.91 Å². The highest BCUT2D eigenvalue weighted by molar-refractivity contribution is 5.82. The lowest BCUT2D eigenvalue weighted by molar-refractivity contribution is -0.142. The van der Waals surface area contributed by atoms with Gasteiger partial charge in [-0.25, -0.2) is 4.39 Å². The molecule has 0 bridgehead atoms. The van der Waals surface area contributed by atoms with Gasteiger partial charge in [0.05, 0.1) is 19.2 Å². The molecular formula is C16H21FN2O2. The number of amides is 1. The molecule has 21 heavy (non-hydrogen) atoms. The van der Waals surface area contributed by atoms with Crippen LogP contribution in [0.5, 0.6) is 0 Å². The number of carbonyl (C=O) groups is 1. The molecule has 1 N–H and O–H groups in total. The van der Waals surface area contributed by atoms with Crippen LogP contribution in [0.15, 0.2) is 24.3 Å². The minimum absolute atomic E-state index is 0.0851. The van der Waals surface area contributed by atoms with Crippen molar-refractivity contribution in [2.24, 2.45) is 0 Å². The Morgan fingerprint density at radius 3 is 2.95 bits per heavy atom. The predicted octanol–water partition coefficient (Wildman–Crippen LogP) is 1.87. The number of rotatable bonds is 2. The molecule has 2 heterocycles. The Labute approximate surface area is 124 Å². The summed E-state index contributed by atoms with van der Waals surface area (Å²) in [5.74, 6) is -0.146. The highest BCUT2D eigenvalue weighted by Gasteiger charge is 2.31. The van der Waals surface area contributed by atoms with Crippen LogP contribution >= 0.6 is 0 Å². The quantitative estimate of drug-likeness (QED) is 0.905. The van der Waals surface area contributed by atoms with Crippen molar-refractivity contribution in [1.29, 1.82) is 0 Å². The molecule has 5 heteroatoms. The number of piperidine rings is 1. The van der Waals surface area contributed by atoms with Crippen molar-refractivity contribution < 1.29 is 13.9 Å². The van der Waals surface area contributed by atoms with Crippen molar-refractivity contribution in [2.75, 3.05) is 26.2 Å². The second-order valence-electron chi connectivity index (χ2n) is 5.67. The molecule has 2 unspecified atom stereocenters. The van der Waals surface area contributed by atoms with Gasteiger partial charge in [-0.1, -0.05) is 24.6 Å². The standard InChI is InChI=1S/C16H21FN2O2/c17-13-6-2-1-5-12(13)15-11-19(9-10-21-15)16(20)14-7-3-4-8-18-14/h1-2,5-6,14-15,18H,3-4,7-11H2. The van der Waals surface area contributed by atoms with Crippen LogP contribution in [0, 0.1) is 5.82 Å². The fourth-order valence-electron chi connectivity index (χ4n) is 3.06. The van der Waals surface area contributed by atoms with Crippen LogP contribution in [0.1, 0.15) is 30.9 Å². The third-order valence-corrected chi connectivity index (χ3v) is 4.24. The first kappa shape index (κ1) is 14.5. The van der Waals surface area contributed by atoms with Gasteiger partial charge in [-0.2, -0.15) is 0 Å². The summed E-state index contributed by atoms with van der Waals surface area (Å²) in [4.78, 5) is 14.3. The molecule has 0 spiro atoms. The molecule has 0 saturated carbocycles. The first-order chi connectivity index (χ1) is 10.3. The van der Waals surface area contributed by atoms with E-state index in [0.717, 1.165) is 25.8 Å². The third kappa shape index (κ3) is 3.24. The normalized spacial score (nSPS) is 26.6. The molecule has 2 saturated heterocycles. The monoisotopic (exact) mass is 292 g/mol. The predicted molar refractivity (Wildman–Crippen MR) is 77.3 cm³/mol. The molecule has 1 amide bonds. The molecule has 2 fully saturated rings. The summed E-state index contributed by atoms with van der Waals surface area (Å²) < 4.78 is 19.5. The van der Waals surface area contributed by atoms with Crippen molar-refractivity contribution in [1.82, 2.24) is 10.2 Å². The molecule has 4 nitrogen and oxygen atoms in total. The van der Waals surface area contributed by atoms with Crippen LogP contribution < -0.4 is 5.32 Å². The number of benzene rings is 1. The lowest BCUT2D eigenvalue weighted by atomic mass is 10.0. The van der Waals surface area contributed by atoms with Gasteiger partial charge >= 0.3 is 0 Å². The fraction of sp³-hybridized carbons (Fsp3) is 0.562. The number of hydrogen-bond donors (Lipinski definition) is 1. The maximum absolute atomic E-state index is 13.9. The molecule has 2 aliphatic heterocycles. The highest BCUT2D eigenvalue weighted by Crippen LogP contribution is 2.25. The van der Waals surface area contributed by atoms with E-state index in [1.807, 2.05) is 4.90 Å². The molecule has 1 aromatic carbocycles. The molecule has 3 rings (SSSR count). The van der Waals surface area contributed by atoms with Crippen molar-refractivity contribution in [3.05, 3.63) is 35.6 Å². The summed E-state index contributed by atoms with van der Waals surface area (Å²) in [5.41, 5.74) is 0.534. The zero-order valence-electron chi connectivity index (χ0n) is 12.1. The van der Waals surface area contributed by atoms with Crippen molar-refractivity contribution >= 4 is 5.91 Å². The van der Waals surface area contributed by atoms with E-state index in [0.29, 0.717) is 25.3 Å². The van der Waals surface area contributed by atoms with E-state index < -0.39 is 0 Å². The Hall–Kier alpha value is -1.46. The van der Waals surface area contributed by atoms with Crippen LogP contribution in [0.4, 0.5) is 4.39 Å². The van der Waals surface area contributed by atoms with Crippen molar-refractivity contribution in [3.63, 3.8) is 0 Å². The van der Waals surface area contributed by atoms with Crippen LogP contribution in [0.2, 0.25) is 0 Å². The van der Waals surface area contributed by atoms with E-state index in [4.69, 9.17) is 4.74 Å². The Morgan fingerprint density at radius 1 is 1.33 bits per heavy atom. The second-order valence-corrected chi connectivity index (χ2v) is 5.67. The number of carbonyl (C=O) groups excluding carboxylic acids is 1. The average Bonchev–Trinajstić information content (AvgIpc) is 2.55. The van der Waals surface area contributed by atoms with Crippen LogP contribution in [-0.2, 0) is 9.53 Å². The lowest BCUT2D eigenvalue weighted by Crippen LogP contribution is -2.52. The minimum Gasteiger partial charge on any atom is -0.370 e. The number of ether oxygens (including phenoxy) is 1. The molecular weight excluding hydrogens is 271 g/mol. The van der Waals surface area contributed by atoms with Gasteiger partial charge in [-0.3, -0.25) is 4.79 Å². The third-order valence-electron chi connectivity index (χ3n) is 4.24. The summed E-state index contributed by atoms with van der Waals surface area (Å²) in [6.07, 6.45) is 2.74. The summed E-state index contributed by atoms with van der Waals surface area (Å²) in [6, 6.07) is 6.54. The first-order valence-electron chi connectivity index (χ1n) is 7.64. The van der Waals surface area contributed by atoms with Gasteiger partial charge in [-0.15, -0.1) is 0 Å². The van der Waals surface area contributed by atoms with Crippen molar-refractivity contribution in [3.8, 4) is 0 Å². The zero-order valence-corrected chi connectivity index (χ0v) is 12.1. The number of hydrogen-bond acceptors (Lipinski definition) is 3. The minimum atomic E-state index is -0.368. The van der Waals surface area contributed by atoms with E-state index in [9.17, 15) is 9.18 Å². The molecule has 114 valence electrons. The first-order valence-corrected chi connectivity index (χ1v) is 7.64. The topological polar surface area (TPSA) is 41.6 Å². The fourth-order valence-corrected chi connectivity index (χ4v) is 3.06. The van der Waals surface area contributed by atoms with E-state index in [1.165, 1.54) is 6.07 Å². The van der Waals surface area contributed by atoms with E-state index in [2.05, 4.69) is 5.32 Å². The van der Waals surface area contributed by atoms with Gasteiger partial charge in [0.25, 0.3) is 0 Å². The Balaban J connectivity index is 1.68. The van der Waals surface area contributed by atoms with Gasteiger partial charge in [0.15, 0.2) is 0 Å². The number of halogens is 1. The average molecular weight is 292 g/mol. The maximum Gasteiger partial charge on any atom is 0.239 e. The van der Waals surface area contributed by atoms with Crippen LogP contribution in [0.25, 0.3) is 0 Å². The SMILES string of the molecule is O=C(C1CCCCN1)N1CCOC(c2ccccc2F)C1. The van der Waals surface area contributed by atoms with Crippen molar-refractivity contribution in [2.45, 2.75) is 31.4 Å². The molecule has 0 aliphatic carbocycles. The molecule has 1 aromatic rings. The second kappa shape index (κ2) is 6.54. The number of nitrogens with zero attached hydrogens (tertiary/aromatic N) is 1. The lowest BCUT2D eigenvalue weighted by Gasteiger charge is -2.36. The Bertz CT molecular complexity index is 503. The molecule has 0 aromatic heterocycles. The van der Waals surface area contributed by atoms with Gasteiger partial charge in [0.1, 0.15) is 11.9 Å². The summed E-state index contributed by atoms with van der Waals surface area (Å²) in [6.45, 7) is 2.37. The van der Waals surface area contributed by atoms with E-state index >= 15 is 0 Å². The van der Waals surface area contributed by atoms with Gasteiger partial charge in [-0.05, 0) is 25.5 Å². The van der Waals surface area contributed by atoms with Crippen LogP contribution in [-0.4, -0.2) is 43.1 Å². The Morgan fingerprint density at radius 2 is 2.19 bits per heavy atom. The highest BCUT2D eigenvalue weighted by atomic mass is 19.1. The number of morpholine rings is 1. The van der Waals surface area contributed by atoms with Crippen LogP contribution in [0.3, 0.4) is 0 Å². The Kier molecular flexibility index (Phi) is 4.51. The maximum atomic E-state index is 13.9. The molecule has 2 aliphatic rings. The summed E-state index contributed by atoms with van der Waals surface area (Å²) in [5, 5.41) is 3.28. The summed E-state index contributed by atoms with van der Waals surface area (Å²) >= 11 is 0. The largest absolute Gasteiger partial charge is 0.370 e. The van der Waals surface area contributed by atoms with Gasteiger partial charge < -0.3 is 15.0 Å². The zero-order chi connectivity index (χ0) is 14.7. The smallest absolute Gasteiger partial charge is 0.239 e. The van der Waals surface area contributed by atoms with E-state index in [1.54, 1.807) is 18.2 Å². The molecule has 2 atom stereocenters. The number of nitrogens with one attached hydrogen (secondary N) is 1. The molecule has 0 radical (unpaired) electrons. The van der Waals surface area contributed by atoms with Gasteiger partial charge in [0, 0.05) is 12.1 Å².